The predicted molar refractivity (Wildman–Crippen MR) is 98.6 cm³/mol. The van der Waals surface area contributed by atoms with E-state index in [0.717, 1.165) is 47.2 Å². The number of aromatic nitrogens is 1. The van der Waals surface area contributed by atoms with Gasteiger partial charge < -0.3 is 15.1 Å². The first-order valence-electron chi connectivity index (χ1n) is 8.53. The van der Waals surface area contributed by atoms with Gasteiger partial charge in [0.2, 0.25) is 0 Å². The zero-order valence-corrected chi connectivity index (χ0v) is 14.6. The van der Waals surface area contributed by atoms with E-state index in [1.165, 1.54) is 0 Å². The van der Waals surface area contributed by atoms with Gasteiger partial charge in [-0.1, -0.05) is 24.3 Å². The number of amides is 1. The van der Waals surface area contributed by atoms with E-state index in [2.05, 4.69) is 15.6 Å². The number of rotatable bonds is 7. The molecule has 0 radical (unpaired) electrons. The van der Waals surface area contributed by atoms with Crippen LogP contribution in [0.3, 0.4) is 0 Å². The van der Waals surface area contributed by atoms with Crippen molar-refractivity contribution in [3.8, 4) is 0 Å². The molecule has 2 N–H and O–H groups in total. The summed E-state index contributed by atoms with van der Waals surface area (Å²) in [5.41, 5.74) is 3.88. The monoisotopic (exact) mass is 337 g/mol. The van der Waals surface area contributed by atoms with Crippen molar-refractivity contribution in [2.75, 3.05) is 13.1 Å². The summed E-state index contributed by atoms with van der Waals surface area (Å²) in [6.07, 6.45) is 4.46. The second kappa shape index (κ2) is 7.94. The lowest BCUT2D eigenvalue weighted by Crippen LogP contribution is -2.27. The third kappa shape index (κ3) is 4.06. The highest BCUT2D eigenvalue weighted by atomic mass is 16.3. The Balaban J connectivity index is 1.47. The number of para-hydroxylation sites is 1. The van der Waals surface area contributed by atoms with Crippen molar-refractivity contribution in [2.45, 2.75) is 26.8 Å². The van der Waals surface area contributed by atoms with Crippen molar-refractivity contribution in [2.24, 2.45) is 0 Å². The average molecular weight is 337 g/mol. The number of fused-ring (bicyclic) bond motifs is 1. The van der Waals surface area contributed by atoms with Crippen LogP contribution in [-0.2, 0) is 6.54 Å². The number of aryl methyl sites for hydroxylation is 2. The maximum atomic E-state index is 12.4. The van der Waals surface area contributed by atoms with Crippen molar-refractivity contribution in [1.82, 2.24) is 15.6 Å². The summed E-state index contributed by atoms with van der Waals surface area (Å²) in [5.74, 6) is 0.257. The number of carbonyl (C=O) groups excluding carboxylic acids is 1. The highest BCUT2D eigenvalue weighted by Crippen LogP contribution is 2.27. The molecular weight excluding hydrogens is 314 g/mol. The van der Waals surface area contributed by atoms with Crippen LogP contribution in [0, 0.1) is 13.8 Å². The molecule has 5 nitrogen and oxygen atoms in total. The highest BCUT2D eigenvalue weighted by molar-refractivity contribution is 5.99. The molecule has 130 valence electrons. The normalized spacial score (nSPS) is 11.0. The van der Waals surface area contributed by atoms with Crippen LogP contribution in [0.2, 0.25) is 0 Å². The van der Waals surface area contributed by atoms with Gasteiger partial charge >= 0.3 is 0 Å². The van der Waals surface area contributed by atoms with Gasteiger partial charge in [0.05, 0.1) is 0 Å². The maximum absolute atomic E-state index is 12.4. The average Bonchev–Trinajstić information content (AvgIpc) is 2.97. The Bertz CT molecular complexity index is 856. The number of hydrogen-bond acceptors (Lipinski definition) is 4. The van der Waals surface area contributed by atoms with Gasteiger partial charge in [0, 0.05) is 36.4 Å². The van der Waals surface area contributed by atoms with Gasteiger partial charge in [0.25, 0.3) is 5.91 Å². The van der Waals surface area contributed by atoms with Crippen LogP contribution in [0.15, 0.2) is 47.1 Å². The fourth-order valence-electron chi connectivity index (χ4n) is 2.83. The van der Waals surface area contributed by atoms with Crippen LogP contribution in [-0.4, -0.2) is 24.0 Å². The number of nitrogens with zero attached hydrogens (tertiary/aromatic N) is 1. The zero-order valence-electron chi connectivity index (χ0n) is 14.6. The van der Waals surface area contributed by atoms with Crippen LogP contribution >= 0.6 is 0 Å². The summed E-state index contributed by atoms with van der Waals surface area (Å²) >= 11 is 0. The van der Waals surface area contributed by atoms with E-state index >= 15 is 0 Å². The minimum absolute atomic E-state index is 0.152. The third-order valence-electron chi connectivity index (χ3n) is 4.23. The van der Waals surface area contributed by atoms with E-state index in [4.69, 9.17) is 4.42 Å². The predicted octanol–water partition coefficient (Wildman–Crippen LogP) is 3.35. The topological polar surface area (TPSA) is 67.2 Å². The molecule has 0 atom stereocenters. The molecule has 0 aliphatic rings. The Morgan fingerprint density at radius 2 is 2.04 bits per heavy atom. The fraction of sp³-hybridized carbons (Fsp3) is 0.300. The Morgan fingerprint density at radius 3 is 2.80 bits per heavy atom. The van der Waals surface area contributed by atoms with Crippen molar-refractivity contribution >= 4 is 16.9 Å². The van der Waals surface area contributed by atoms with Gasteiger partial charge in [-0.3, -0.25) is 9.78 Å². The molecule has 3 rings (SSSR count). The molecule has 25 heavy (non-hydrogen) atoms. The minimum Gasteiger partial charge on any atom is -0.450 e. The summed E-state index contributed by atoms with van der Waals surface area (Å²) in [5, 5.41) is 7.28. The first kappa shape index (κ1) is 17.2. The quantitative estimate of drug-likeness (QED) is 0.649. The molecule has 0 fully saturated rings. The summed E-state index contributed by atoms with van der Waals surface area (Å²) in [4.78, 5) is 16.4. The summed E-state index contributed by atoms with van der Waals surface area (Å²) < 4.78 is 5.79. The molecular formula is C20H23N3O2. The molecule has 0 saturated carbocycles. The second-order valence-corrected chi connectivity index (χ2v) is 6.16. The van der Waals surface area contributed by atoms with Gasteiger partial charge in [0.1, 0.15) is 5.58 Å². The molecule has 2 aromatic heterocycles. The Labute approximate surface area is 147 Å². The lowest BCUT2D eigenvalue weighted by molar-refractivity contribution is 0.0927. The van der Waals surface area contributed by atoms with Crippen molar-refractivity contribution in [3.63, 3.8) is 0 Å². The lowest BCUT2D eigenvalue weighted by Gasteiger charge is -2.06. The van der Waals surface area contributed by atoms with E-state index in [-0.39, 0.29) is 5.91 Å². The van der Waals surface area contributed by atoms with Crippen LogP contribution in [0.1, 0.15) is 33.7 Å². The van der Waals surface area contributed by atoms with Gasteiger partial charge in [-0.05, 0) is 44.0 Å². The van der Waals surface area contributed by atoms with Gasteiger partial charge in [-0.25, -0.2) is 0 Å². The van der Waals surface area contributed by atoms with Gasteiger partial charge in [-0.15, -0.1) is 0 Å². The van der Waals surface area contributed by atoms with Crippen LogP contribution in [0.25, 0.3) is 11.0 Å². The fourth-order valence-corrected chi connectivity index (χ4v) is 2.83. The van der Waals surface area contributed by atoms with Crippen molar-refractivity contribution < 1.29 is 9.21 Å². The molecule has 2 heterocycles. The lowest BCUT2D eigenvalue weighted by atomic mass is 10.1. The molecule has 5 heteroatoms. The third-order valence-corrected chi connectivity index (χ3v) is 4.23. The molecule has 3 aromatic rings. The van der Waals surface area contributed by atoms with Crippen LogP contribution in [0.5, 0.6) is 0 Å². The number of carbonyl (C=O) groups is 1. The number of hydrogen-bond donors (Lipinski definition) is 2. The standard InChI is InChI=1S/C20H23N3O2/c1-14-6-3-8-17-15(2)19(25-18(14)17)20(24)23-11-5-10-22-13-16-7-4-9-21-12-16/h3-4,6-9,12,22H,5,10-11,13H2,1-2H3,(H,23,24). The first-order chi connectivity index (χ1) is 12.2. The highest BCUT2D eigenvalue weighted by Gasteiger charge is 2.17. The summed E-state index contributed by atoms with van der Waals surface area (Å²) in [6.45, 7) is 6.13. The molecule has 0 saturated heterocycles. The molecule has 1 amide bonds. The summed E-state index contributed by atoms with van der Waals surface area (Å²) in [7, 11) is 0. The first-order valence-corrected chi connectivity index (χ1v) is 8.53. The molecule has 0 spiro atoms. The van der Waals surface area contributed by atoms with E-state index in [1.807, 2.05) is 50.4 Å². The van der Waals surface area contributed by atoms with Crippen LogP contribution < -0.4 is 10.6 Å². The van der Waals surface area contributed by atoms with Gasteiger partial charge in [0.15, 0.2) is 5.76 Å². The Hall–Kier alpha value is -2.66. The zero-order chi connectivity index (χ0) is 17.6. The number of nitrogens with one attached hydrogen (secondary N) is 2. The number of furan rings is 1. The molecule has 0 aliphatic carbocycles. The minimum atomic E-state index is -0.152. The van der Waals surface area contributed by atoms with E-state index in [9.17, 15) is 4.79 Å². The number of pyridine rings is 1. The maximum Gasteiger partial charge on any atom is 0.287 e. The van der Waals surface area contributed by atoms with E-state index < -0.39 is 0 Å². The van der Waals surface area contributed by atoms with Crippen LogP contribution in [0.4, 0.5) is 0 Å². The Morgan fingerprint density at radius 1 is 1.16 bits per heavy atom. The molecule has 0 aliphatic heterocycles. The van der Waals surface area contributed by atoms with Gasteiger partial charge in [-0.2, -0.15) is 0 Å². The smallest absolute Gasteiger partial charge is 0.287 e. The second-order valence-electron chi connectivity index (χ2n) is 6.16. The number of benzene rings is 1. The van der Waals surface area contributed by atoms with E-state index in [0.29, 0.717) is 12.3 Å². The van der Waals surface area contributed by atoms with Crippen molar-refractivity contribution in [3.05, 3.63) is 65.2 Å². The molecule has 0 bridgehead atoms. The van der Waals surface area contributed by atoms with E-state index in [1.54, 1.807) is 6.20 Å². The largest absolute Gasteiger partial charge is 0.450 e. The Kier molecular flexibility index (Phi) is 5.46. The van der Waals surface area contributed by atoms with Crippen molar-refractivity contribution in [1.29, 1.82) is 0 Å². The SMILES string of the molecule is Cc1c(C(=O)NCCCNCc2cccnc2)oc2c(C)cccc12. The molecule has 0 unspecified atom stereocenters. The molecule has 1 aromatic carbocycles. The summed E-state index contributed by atoms with van der Waals surface area (Å²) in [6, 6.07) is 9.92.